The molecular weight excluding hydrogens is 350 g/mol. The molecule has 3 rings (SSSR count). The summed E-state index contributed by atoms with van der Waals surface area (Å²) >= 11 is 0. The van der Waals surface area contributed by atoms with E-state index >= 15 is 0 Å². The Morgan fingerprint density at radius 1 is 1.37 bits per heavy atom. The van der Waals surface area contributed by atoms with Gasteiger partial charge in [0.15, 0.2) is 0 Å². The number of rotatable bonds is 6. The number of benzene rings is 1. The molecule has 0 radical (unpaired) electrons. The second-order valence-corrected chi connectivity index (χ2v) is 7.13. The number of likely N-dealkylation sites (N-methyl/N-ethyl adjacent to an activating group) is 1. The Balaban J connectivity index is 1.48. The molecule has 0 aromatic heterocycles. The third-order valence-electron chi connectivity index (χ3n) is 5.30. The van der Waals surface area contributed by atoms with Crippen LogP contribution in [0.25, 0.3) is 0 Å². The Bertz CT molecular complexity index is 677. The lowest BCUT2D eigenvalue weighted by Gasteiger charge is -2.43. The van der Waals surface area contributed by atoms with Crippen LogP contribution >= 0.6 is 0 Å². The van der Waals surface area contributed by atoms with Crippen LogP contribution in [0.4, 0.5) is 4.79 Å². The molecule has 2 amide bonds. The largest absolute Gasteiger partial charge is 0.508 e. The van der Waals surface area contributed by atoms with E-state index in [1.54, 1.807) is 23.1 Å². The second-order valence-electron chi connectivity index (χ2n) is 7.13. The predicted molar refractivity (Wildman–Crippen MR) is 98.6 cm³/mol. The first-order valence-electron chi connectivity index (χ1n) is 9.38. The molecule has 8 heteroatoms. The summed E-state index contributed by atoms with van der Waals surface area (Å²) in [4.78, 5) is 27.1. The monoisotopic (exact) mass is 377 g/mol. The van der Waals surface area contributed by atoms with Crippen molar-refractivity contribution >= 4 is 12.0 Å². The fourth-order valence-electron chi connectivity index (χ4n) is 3.70. The van der Waals surface area contributed by atoms with Crippen LogP contribution in [0.3, 0.4) is 0 Å². The van der Waals surface area contributed by atoms with Gasteiger partial charge in [0, 0.05) is 18.6 Å². The van der Waals surface area contributed by atoms with Gasteiger partial charge in [-0.2, -0.15) is 0 Å². The number of nitrogens with one attached hydrogen (secondary N) is 1. The summed E-state index contributed by atoms with van der Waals surface area (Å²) in [5.74, 6) is -0.643. The molecule has 1 aliphatic carbocycles. The van der Waals surface area contributed by atoms with Gasteiger partial charge in [-0.1, -0.05) is 19.1 Å². The van der Waals surface area contributed by atoms with Crippen molar-refractivity contribution in [3.05, 3.63) is 29.8 Å². The van der Waals surface area contributed by atoms with Gasteiger partial charge in [-0.25, -0.2) is 4.79 Å². The predicted octanol–water partition coefficient (Wildman–Crippen LogP) is 1.41. The van der Waals surface area contributed by atoms with Crippen LogP contribution in [-0.4, -0.2) is 76.9 Å². The molecule has 1 saturated heterocycles. The Morgan fingerprint density at radius 3 is 2.81 bits per heavy atom. The van der Waals surface area contributed by atoms with E-state index < -0.39 is 5.97 Å². The minimum absolute atomic E-state index is 0.0386. The van der Waals surface area contributed by atoms with Gasteiger partial charge in [0.25, 0.3) is 0 Å². The van der Waals surface area contributed by atoms with Crippen molar-refractivity contribution in [3.8, 4) is 5.75 Å². The molecule has 1 heterocycles. The molecule has 2 aliphatic rings. The van der Waals surface area contributed by atoms with Crippen molar-refractivity contribution in [1.29, 1.82) is 0 Å². The fourth-order valence-corrected chi connectivity index (χ4v) is 3.70. The highest BCUT2D eigenvalue weighted by Crippen LogP contribution is 2.27. The van der Waals surface area contributed by atoms with Gasteiger partial charge in [0.2, 0.25) is 0 Å². The molecule has 0 bridgehead atoms. The maximum atomic E-state index is 12.6. The number of phenolic OH excluding ortho intramolecular Hbond substituents is 1. The van der Waals surface area contributed by atoms with E-state index in [2.05, 4.69) is 5.32 Å². The smallest absolute Gasteiger partial charge is 0.317 e. The fraction of sp³-hybridized carbons (Fsp3) is 0.579. The molecule has 1 aromatic carbocycles. The molecule has 27 heavy (non-hydrogen) atoms. The molecule has 1 atom stereocenters. The van der Waals surface area contributed by atoms with Crippen LogP contribution < -0.4 is 5.32 Å². The number of carboxylic acids is 1. The van der Waals surface area contributed by atoms with E-state index in [0.717, 1.165) is 18.4 Å². The number of ether oxygens (including phenoxy) is 1. The van der Waals surface area contributed by atoms with Crippen molar-refractivity contribution in [2.75, 3.05) is 32.8 Å². The maximum absolute atomic E-state index is 12.6. The van der Waals surface area contributed by atoms with E-state index in [1.807, 2.05) is 17.9 Å². The number of aliphatic carboxylic acids is 1. The standard InChI is InChI=1S/C19H27N3O5/c1-2-21(12-18(24)25)15-9-14(10-15)20-19(26)22-6-7-27-17(11-22)13-4-3-5-16(23)8-13/h3-5,8,14-15,17,23H,2,6-7,9-12H2,1H3,(H,20,26)(H,24,25). The van der Waals surface area contributed by atoms with E-state index in [-0.39, 0.29) is 36.5 Å². The molecule has 1 saturated carbocycles. The first-order valence-corrected chi connectivity index (χ1v) is 9.38. The minimum atomic E-state index is -0.823. The van der Waals surface area contributed by atoms with Crippen molar-refractivity contribution in [2.45, 2.75) is 38.0 Å². The number of morpholine rings is 1. The highest BCUT2D eigenvalue weighted by Gasteiger charge is 2.36. The molecule has 0 spiro atoms. The van der Waals surface area contributed by atoms with Crippen molar-refractivity contribution in [1.82, 2.24) is 15.1 Å². The molecule has 8 nitrogen and oxygen atoms in total. The summed E-state index contributed by atoms with van der Waals surface area (Å²) in [6, 6.07) is 7.07. The number of carboxylic acid groups (broad SMARTS) is 1. The lowest BCUT2D eigenvalue weighted by molar-refractivity contribution is -0.139. The molecule has 1 aromatic rings. The third kappa shape index (κ3) is 4.90. The summed E-state index contributed by atoms with van der Waals surface area (Å²) in [7, 11) is 0. The minimum Gasteiger partial charge on any atom is -0.508 e. The SMILES string of the molecule is CCN(CC(=O)O)C1CC(NC(=O)N2CCOC(c3cccc(O)c3)C2)C1. The van der Waals surface area contributed by atoms with Crippen LogP contribution in [0.2, 0.25) is 0 Å². The number of amides is 2. The summed E-state index contributed by atoms with van der Waals surface area (Å²) in [6.07, 6.45) is 1.29. The first-order chi connectivity index (χ1) is 13.0. The average Bonchev–Trinajstić information content (AvgIpc) is 2.62. The van der Waals surface area contributed by atoms with Crippen LogP contribution in [0.15, 0.2) is 24.3 Å². The molecule has 148 valence electrons. The summed E-state index contributed by atoms with van der Waals surface area (Å²) in [6.45, 7) is 4.08. The Hall–Kier alpha value is -2.32. The number of carbonyl (C=O) groups is 2. The zero-order valence-corrected chi connectivity index (χ0v) is 15.5. The number of hydrogen-bond donors (Lipinski definition) is 3. The summed E-state index contributed by atoms with van der Waals surface area (Å²) < 4.78 is 5.75. The van der Waals surface area contributed by atoms with E-state index in [1.165, 1.54) is 0 Å². The molecule has 2 fully saturated rings. The van der Waals surface area contributed by atoms with Crippen molar-refractivity contribution in [2.24, 2.45) is 0 Å². The van der Waals surface area contributed by atoms with E-state index in [9.17, 15) is 14.7 Å². The lowest BCUT2D eigenvalue weighted by Crippen LogP contribution is -2.57. The Labute approximate surface area is 158 Å². The first kappa shape index (κ1) is 19.4. The van der Waals surface area contributed by atoms with Gasteiger partial charge in [-0.15, -0.1) is 0 Å². The maximum Gasteiger partial charge on any atom is 0.317 e. The van der Waals surface area contributed by atoms with Crippen LogP contribution in [0.1, 0.15) is 31.4 Å². The van der Waals surface area contributed by atoms with E-state index in [4.69, 9.17) is 9.84 Å². The van der Waals surface area contributed by atoms with Crippen molar-refractivity contribution in [3.63, 3.8) is 0 Å². The summed E-state index contributed by atoms with van der Waals surface area (Å²) in [5, 5.41) is 21.6. The zero-order valence-electron chi connectivity index (χ0n) is 15.5. The number of aromatic hydroxyl groups is 1. The van der Waals surface area contributed by atoms with Gasteiger partial charge in [0.05, 0.1) is 19.7 Å². The van der Waals surface area contributed by atoms with Gasteiger partial charge < -0.3 is 25.2 Å². The molecule has 1 unspecified atom stereocenters. The quantitative estimate of drug-likeness (QED) is 0.693. The number of nitrogens with zero attached hydrogens (tertiary/aromatic N) is 2. The number of hydrogen-bond acceptors (Lipinski definition) is 5. The molecule has 3 N–H and O–H groups in total. The number of urea groups is 1. The van der Waals surface area contributed by atoms with Crippen molar-refractivity contribution < 1.29 is 24.5 Å². The highest BCUT2D eigenvalue weighted by molar-refractivity contribution is 5.75. The third-order valence-corrected chi connectivity index (χ3v) is 5.30. The Kier molecular flexibility index (Phi) is 6.18. The molecule has 1 aliphatic heterocycles. The Morgan fingerprint density at radius 2 is 2.15 bits per heavy atom. The van der Waals surface area contributed by atoms with Gasteiger partial charge >= 0.3 is 12.0 Å². The van der Waals surface area contributed by atoms with Gasteiger partial charge in [0.1, 0.15) is 11.9 Å². The topological polar surface area (TPSA) is 102 Å². The van der Waals surface area contributed by atoms with Gasteiger partial charge in [-0.3, -0.25) is 9.69 Å². The van der Waals surface area contributed by atoms with Crippen LogP contribution in [-0.2, 0) is 9.53 Å². The second kappa shape index (κ2) is 8.58. The van der Waals surface area contributed by atoms with Crippen LogP contribution in [0, 0.1) is 0 Å². The number of phenols is 1. The highest BCUT2D eigenvalue weighted by atomic mass is 16.5. The van der Waals surface area contributed by atoms with E-state index in [0.29, 0.717) is 26.2 Å². The number of carbonyl (C=O) groups excluding carboxylic acids is 1. The summed E-state index contributed by atoms with van der Waals surface area (Å²) in [5.41, 5.74) is 0.850. The van der Waals surface area contributed by atoms with Gasteiger partial charge in [-0.05, 0) is 37.1 Å². The zero-order chi connectivity index (χ0) is 19.4. The van der Waals surface area contributed by atoms with Crippen LogP contribution in [0.5, 0.6) is 5.75 Å². The lowest BCUT2D eigenvalue weighted by atomic mass is 9.85. The normalized spacial score (nSPS) is 25.1. The molecular formula is C19H27N3O5. The average molecular weight is 377 g/mol.